The Morgan fingerprint density at radius 3 is 2.72 bits per heavy atom. The van der Waals surface area contributed by atoms with Crippen LogP contribution in [-0.4, -0.2) is 33.4 Å². The summed E-state index contributed by atoms with van der Waals surface area (Å²) in [5.41, 5.74) is 4.17. The Morgan fingerprint density at radius 2 is 1.90 bits per heavy atom. The molecule has 6 heteroatoms. The van der Waals surface area contributed by atoms with Gasteiger partial charge in [-0.1, -0.05) is 6.07 Å². The molecular formula is C23H23N5O. The largest absolute Gasteiger partial charge is 0.371 e. The number of aryl methyl sites for hydroxylation is 1. The van der Waals surface area contributed by atoms with Crippen molar-refractivity contribution in [3.8, 4) is 0 Å². The second kappa shape index (κ2) is 7.20. The van der Waals surface area contributed by atoms with E-state index in [-0.39, 0.29) is 5.91 Å². The van der Waals surface area contributed by atoms with Crippen LogP contribution in [0.15, 0.2) is 55.0 Å². The average molecular weight is 385 g/mol. The van der Waals surface area contributed by atoms with Crippen molar-refractivity contribution in [1.82, 2.24) is 14.4 Å². The van der Waals surface area contributed by atoms with Gasteiger partial charge in [-0.05, 0) is 56.5 Å². The number of benzene rings is 1. The van der Waals surface area contributed by atoms with E-state index >= 15 is 0 Å². The molecule has 29 heavy (non-hydrogen) atoms. The van der Waals surface area contributed by atoms with Gasteiger partial charge in [-0.25, -0.2) is 4.98 Å². The van der Waals surface area contributed by atoms with Crippen molar-refractivity contribution in [2.75, 3.05) is 23.3 Å². The molecule has 4 heterocycles. The molecule has 0 bridgehead atoms. The Kier molecular flexibility index (Phi) is 4.39. The summed E-state index contributed by atoms with van der Waals surface area (Å²) in [6.45, 7) is 4.14. The van der Waals surface area contributed by atoms with Gasteiger partial charge in [0.2, 0.25) is 0 Å². The van der Waals surface area contributed by atoms with E-state index in [1.165, 1.54) is 24.9 Å². The number of hydrogen-bond donors (Lipinski definition) is 1. The molecule has 0 radical (unpaired) electrons. The summed E-state index contributed by atoms with van der Waals surface area (Å²) in [4.78, 5) is 24.1. The van der Waals surface area contributed by atoms with Gasteiger partial charge in [0.1, 0.15) is 11.3 Å². The van der Waals surface area contributed by atoms with Gasteiger partial charge in [0.05, 0.1) is 5.69 Å². The number of amides is 1. The molecule has 5 rings (SSSR count). The normalized spacial score (nSPS) is 14.4. The summed E-state index contributed by atoms with van der Waals surface area (Å²) in [6.07, 6.45) is 9.15. The van der Waals surface area contributed by atoms with E-state index in [4.69, 9.17) is 0 Å². The van der Waals surface area contributed by atoms with Crippen molar-refractivity contribution in [2.24, 2.45) is 0 Å². The van der Waals surface area contributed by atoms with Crippen LogP contribution >= 0.6 is 0 Å². The van der Waals surface area contributed by atoms with Crippen LogP contribution in [0.2, 0.25) is 0 Å². The second-order valence-corrected chi connectivity index (χ2v) is 7.58. The predicted octanol–water partition coefficient (Wildman–Crippen LogP) is 4.43. The van der Waals surface area contributed by atoms with Crippen LogP contribution in [0.1, 0.15) is 35.4 Å². The van der Waals surface area contributed by atoms with Crippen LogP contribution in [0.3, 0.4) is 0 Å². The van der Waals surface area contributed by atoms with Gasteiger partial charge < -0.3 is 14.6 Å². The first-order valence-corrected chi connectivity index (χ1v) is 10.1. The minimum absolute atomic E-state index is 0.219. The molecule has 146 valence electrons. The molecular weight excluding hydrogens is 362 g/mol. The van der Waals surface area contributed by atoms with Crippen molar-refractivity contribution in [3.05, 3.63) is 66.4 Å². The van der Waals surface area contributed by atoms with E-state index in [9.17, 15) is 4.79 Å². The van der Waals surface area contributed by atoms with Crippen LogP contribution in [0, 0.1) is 6.92 Å². The molecule has 0 spiro atoms. The highest BCUT2D eigenvalue weighted by Gasteiger charge is 2.17. The maximum Gasteiger partial charge on any atom is 0.275 e. The summed E-state index contributed by atoms with van der Waals surface area (Å²) in [5.74, 6) is -0.219. The van der Waals surface area contributed by atoms with Crippen LogP contribution < -0.4 is 10.2 Å². The summed E-state index contributed by atoms with van der Waals surface area (Å²) < 4.78 is 1.92. The number of carbonyl (C=O) groups is 1. The molecule has 4 aromatic rings. The van der Waals surface area contributed by atoms with Gasteiger partial charge in [-0.2, -0.15) is 0 Å². The molecule has 0 saturated carbocycles. The number of fused-ring (bicyclic) bond motifs is 2. The fourth-order valence-corrected chi connectivity index (χ4v) is 4.14. The third-order valence-electron chi connectivity index (χ3n) is 5.67. The number of aromatic nitrogens is 3. The van der Waals surface area contributed by atoms with E-state index < -0.39 is 0 Å². The molecule has 0 atom stereocenters. The Bertz CT molecular complexity index is 1210. The fourth-order valence-electron chi connectivity index (χ4n) is 4.14. The molecule has 1 N–H and O–H groups in total. The van der Waals surface area contributed by atoms with Crippen molar-refractivity contribution >= 4 is 33.7 Å². The number of carbonyl (C=O) groups excluding carboxylic acids is 1. The topological polar surface area (TPSA) is 62.5 Å². The third kappa shape index (κ3) is 3.20. The Balaban J connectivity index is 1.50. The lowest BCUT2D eigenvalue weighted by Crippen LogP contribution is -2.29. The first kappa shape index (κ1) is 17.7. The Morgan fingerprint density at radius 1 is 1.03 bits per heavy atom. The number of nitrogens with one attached hydrogen (secondary N) is 1. The lowest BCUT2D eigenvalue weighted by atomic mass is 10.1. The number of hydrogen-bond acceptors (Lipinski definition) is 4. The minimum atomic E-state index is -0.219. The highest BCUT2D eigenvalue weighted by molar-refractivity contribution is 6.10. The summed E-state index contributed by atoms with van der Waals surface area (Å²) in [6, 6.07) is 12.0. The molecule has 3 aromatic heterocycles. The van der Waals surface area contributed by atoms with Gasteiger partial charge in [0.15, 0.2) is 0 Å². The SMILES string of the molecule is Cc1cccc2nc(C(=O)Nc3ccc(N4CCCCC4)c4ccncc34)cn12. The van der Waals surface area contributed by atoms with Crippen LogP contribution in [0.25, 0.3) is 16.4 Å². The molecule has 1 aliphatic heterocycles. The maximum absolute atomic E-state index is 12.9. The van der Waals surface area contributed by atoms with Gasteiger partial charge in [0.25, 0.3) is 5.91 Å². The summed E-state index contributed by atoms with van der Waals surface area (Å²) >= 11 is 0. The van der Waals surface area contributed by atoms with Gasteiger partial charge in [0, 0.05) is 53.8 Å². The standard InChI is InChI=1S/C23H23N5O/c1-16-6-5-7-22-25-20(15-28(16)22)23(29)26-19-8-9-21(27-12-3-2-4-13-27)17-10-11-24-14-18(17)19/h5-11,14-15H,2-4,12-13H2,1H3,(H,26,29). The first-order chi connectivity index (χ1) is 14.2. The number of rotatable bonds is 3. The molecule has 1 fully saturated rings. The number of nitrogens with zero attached hydrogens (tertiary/aromatic N) is 4. The molecule has 0 aliphatic carbocycles. The third-order valence-corrected chi connectivity index (χ3v) is 5.67. The molecule has 0 unspecified atom stereocenters. The number of piperidine rings is 1. The van der Waals surface area contributed by atoms with Crippen LogP contribution in [0.4, 0.5) is 11.4 Å². The second-order valence-electron chi connectivity index (χ2n) is 7.58. The highest BCUT2D eigenvalue weighted by atomic mass is 16.1. The van der Waals surface area contributed by atoms with E-state index in [1.807, 2.05) is 54.0 Å². The van der Waals surface area contributed by atoms with E-state index in [1.54, 1.807) is 6.20 Å². The number of pyridine rings is 2. The minimum Gasteiger partial charge on any atom is -0.371 e. The van der Waals surface area contributed by atoms with Crippen molar-refractivity contribution < 1.29 is 4.79 Å². The summed E-state index contributed by atoms with van der Waals surface area (Å²) in [5, 5.41) is 5.10. The molecule has 6 nitrogen and oxygen atoms in total. The number of anilines is 2. The fraction of sp³-hybridized carbons (Fsp3) is 0.261. The Hall–Kier alpha value is -3.41. The molecule has 1 saturated heterocycles. The first-order valence-electron chi connectivity index (χ1n) is 10.1. The molecule has 1 amide bonds. The van der Waals surface area contributed by atoms with Gasteiger partial charge >= 0.3 is 0 Å². The quantitative estimate of drug-likeness (QED) is 0.567. The van der Waals surface area contributed by atoms with Crippen molar-refractivity contribution in [2.45, 2.75) is 26.2 Å². The average Bonchev–Trinajstić information content (AvgIpc) is 3.21. The zero-order valence-electron chi connectivity index (χ0n) is 16.4. The van der Waals surface area contributed by atoms with Gasteiger partial charge in [-0.15, -0.1) is 0 Å². The van der Waals surface area contributed by atoms with Crippen LogP contribution in [0.5, 0.6) is 0 Å². The maximum atomic E-state index is 12.9. The van der Waals surface area contributed by atoms with Crippen molar-refractivity contribution in [3.63, 3.8) is 0 Å². The zero-order chi connectivity index (χ0) is 19.8. The number of imidazole rings is 1. The smallest absolute Gasteiger partial charge is 0.275 e. The summed E-state index contributed by atoms with van der Waals surface area (Å²) in [7, 11) is 0. The molecule has 1 aromatic carbocycles. The predicted molar refractivity (Wildman–Crippen MR) is 116 cm³/mol. The van der Waals surface area contributed by atoms with Crippen molar-refractivity contribution in [1.29, 1.82) is 0 Å². The molecule has 1 aliphatic rings. The highest BCUT2D eigenvalue weighted by Crippen LogP contribution is 2.33. The zero-order valence-corrected chi connectivity index (χ0v) is 16.4. The van der Waals surface area contributed by atoms with E-state index in [0.29, 0.717) is 5.69 Å². The Labute approximate surface area is 169 Å². The van der Waals surface area contributed by atoms with E-state index in [2.05, 4.69) is 26.3 Å². The van der Waals surface area contributed by atoms with Gasteiger partial charge in [-0.3, -0.25) is 9.78 Å². The lowest BCUT2D eigenvalue weighted by Gasteiger charge is -2.30. The van der Waals surface area contributed by atoms with Crippen LogP contribution in [-0.2, 0) is 0 Å². The van der Waals surface area contributed by atoms with E-state index in [0.717, 1.165) is 40.9 Å². The lowest BCUT2D eigenvalue weighted by molar-refractivity contribution is 0.102. The monoisotopic (exact) mass is 385 g/mol.